The number of carbonyl (C=O) groups is 2. The van der Waals surface area contributed by atoms with E-state index in [1.807, 2.05) is 91.9 Å². The number of sulfonamides is 1. The fourth-order valence-corrected chi connectivity index (χ4v) is 8.23. The Hall–Kier alpha value is -4.93. The van der Waals surface area contributed by atoms with Crippen molar-refractivity contribution in [3.8, 4) is 11.5 Å². The summed E-state index contributed by atoms with van der Waals surface area (Å²) >= 11 is 3.50. The van der Waals surface area contributed by atoms with Crippen LogP contribution in [-0.4, -0.2) is 43.8 Å². The van der Waals surface area contributed by atoms with Gasteiger partial charge in [-0.2, -0.15) is 0 Å². The number of para-hydroxylation sites is 1. The molecule has 274 valence electrons. The normalized spacial score (nSPS) is 13.8. The van der Waals surface area contributed by atoms with Crippen LogP contribution >= 0.6 is 15.9 Å². The van der Waals surface area contributed by atoms with Gasteiger partial charge in [0.05, 0.1) is 10.6 Å². The van der Waals surface area contributed by atoms with Crippen LogP contribution in [0, 0.1) is 6.92 Å². The van der Waals surface area contributed by atoms with Crippen LogP contribution in [0.5, 0.6) is 11.5 Å². The van der Waals surface area contributed by atoms with Crippen LogP contribution in [0.15, 0.2) is 143 Å². The first-order chi connectivity index (χ1) is 25.7. The summed E-state index contributed by atoms with van der Waals surface area (Å²) < 4.78 is 36.9. The summed E-state index contributed by atoms with van der Waals surface area (Å²) in [5.74, 6) is 0.395. The van der Waals surface area contributed by atoms with Crippen LogP contribution in [0.4, 0.5) is 5.69 Å². The maximum absolute atomic E-state index is 14.9. The van der Waals surface area contributed by atoms with Crippen molar-refractivity contribution in [3.05, 3.63) is 155 Å². The van der Waals surface area contributed by atoms with Gasteiger partial charge in [-0.1, -0.05) is 114 Å². The number of benzene rings is 5. The molecule has 0 saturated heterocycles. The number of carbonyl (C=O) groups excluding carboxylic acids is 2. The van der Waals surface area contributed by atoms with Crippen molar-refractivity contribution in [2.45, 2.75) is 69.0 Å². The number of ether oxygens (including phenoxy) is 1. The van der Waals surface area contributed by atoms with E-state index < -0.39 is 28.5 Å². The molecule has 0 unspecified atom stereocenters. The van der Waals surface area contributed by atoms with Gasteiger partial charge in [0.2, 0.25) is 11.8 Å². The van der Waals surface area contributed by atoms with Crippen molar-refractivity contribution >= 4 is 43.5 Å². The molecular weight excluding hydrogens is 750 g/mol. The molecule has 5 aromatic carbocycles. The maximum Gasteiger partial charge on any atom is 0.264 e. The minimum Gasteiger partial charge on any atom is -0.457 e. The zero-order valence-electron chi connectivity index (χ0n) is 29.7. The average molecular weight is 795 g/mol. The monoisotopic (exact) mass is 793 g/mol. The lowest BCUT2D eigenvalue weighted by molar-refractivity contribution is -0.140. The SMILES string of the molecule is Cc1ccc(S(=O)(=O)N(CC(=O)N(Cc2ccc(Br)cc2)[C@H](Cc2ccccc2)C(=O)NC2CCCCC2)c2ccc(Oc3ccccc3)cc2)cc1. The Bertz CT molecular complexity index is 2060. The van der Waals surface area contributed by atoms with Gasteiger partial charge in [0, 0.05) is 23.5 Å². The third-order valence-corrected chi connectivity index (χ3v) is 11.8. The van der Waals surface area contributed by atoms with Crippen molar-refractivity contribution in [2.24, 2.45) is 0 Å². The first-order valence-electron chi connectivity index (χ1n) is 18.0. The van der Waals surface area contributed by atoms with E-state index in [-0.39, 0.29) is 35.5 Å². The van der Waals surface area contributed by atoms with Gasteiger partial charge >= 0.3 is 0 Å². The molecule has 6 rings (SSSR count). The molecule has 0 aliphatic heterocycles. The molecule has 1 fully saturated rings. The summed E-state index contributed by atoms with van der Waals surface area (Å²) in [6.07, 6.45) is 5.25. The van der Waals surface area contributed by atoms with Crippen LogP contribution in [0.3, 0.4) is 0 Å². The maximum atomic E-state index is 14.9. The number of aryl methyl sites for hydroxylation is 1. The number of halogens is 1. The van der Waals surface area contributed by atoms with Crippen LogP contribution in [-0.2, 0) is 32.6 Å². The quantitative estimate of drug-likeness (QED) is 0.121. The predicted molar refractivity (Wildman–Crippen MR) is 212 cm³/mol. The van der Waals surface area contributed by atoms with Crippen molar-refractivity contribution in [1.82, 2.24) is 10.2 Å². The second-order valence-corrected chi connectivity index (χ2v) is 16.2. The molecule has 1 atom stereocenters. The van der Waals surface area contributed by atoms with Crippen molar-refractivity contribution in [2.75, 3.05) is 10.8 Å². The predicted octanol–water partition coefficient (Wildman–Crippen LogP) is 8.83. The first kappa shape index (κ1) is 37.8. The molecule has 53 heavy (non-hydrogen) atoms. The summed E-state index contributed by atoms with van der Waals surface area (Å²) in [6, 6.07) is 38.8. The van der Waals surface area contributed by atoms with E-state index in [0.717, 1.165) is 57.6 Å². The highest BCUT2D eigenvalue weighted by molar-refractivity contribution is 9.10. The Kier molecular flexibility index (Phi) is 12.6. The fourth-order valence-electron chi connectivity index (χ4n) is 6.56. The van der Waals surface area contributed by atoms with Gasteiger partial charge in [-0.05, 0) is 91.6 Å². The molecule has 0 radical (unpaired) electrons. The smallest absolute Gasteiger partial charge is 0.264 e. The molecule has 8 nitrogen and oxygen atoms in total. The van der Waals surface area contributed by atoms with E-state index in [1.165, 1.54) is 0 Å². The topological polar surface area (TPSA) is 96.0 Å². The number of rotatable bonds is 14. The van der Waals surface area contributed by atoms with Gasteiger partial charge in [0.1, 0.15) is 24.1 Å². The summed E-state index contributed by atoms with van der Waals surface area (Å²) in [7, 11) is -4.24. The number of nitrogens with one attached hydrogen (secondary N) is 1. The molecular formula is C43H44BrN3O5S. The summed E-state index contributed by atoms with van der Waals surface area (Å²) in [5.41, 5.74) is 2.89. The van der Waals surface area contributed by atoms with Crippen molar-refractivity contribution in [1.29, 1.82) is 0 Å². The molecule has 1 aliphatic rings. The van der Waals surface area contributed by atoms with Gasteiger partial charge in [0.15, 0.2) is 0 Å². The van der Waals surface area contributed by atoms with E-state index in [9.17, 15) is 18.0 Å². The highest BCUT2D eigenvalue weighted by atomic mass is 79.9. The second-order valence-electron chi connectivity index (χ2n) is 13.4. The van der Waals surface area contributed by atoms with Gasteiger partial charge in [0.25, 0.3) is 10.0 Å². The molecule has 0 aromatic heterocycles. The molecule has 1 N–H and O–H groups in total. The van der Waals surface area contributed by atoms with Crippen LogP contribution in [0.2, 0.25) is 0 Å². The van der Waals surface area contributed by atoms with E-state index in [4.69, 9.17) is 4.74 Å². The number of amides is 2. The lowest BCUT2D eigenvalue weighted by Crippen LogP contribution is -2.55. The van der Waals surface area contributed by atoms with E-state index in [0.29, 0.717) is 11.5 Å². The zero-order valence-corrected chi connectivity index (χ0v) is 32.1. The Balaban J connectivity index is 1.38. The Morgan fingerprint density at radius 3 is 2.00 bits per heavy atom. The molecule has 10 heteroatoms. The van der Waals surface area contributed by atoms with Gasteiger partial charge in [-0.25, -0.2) is 8.42 Å². The van der Waals surface area contributed by atoms with E-state index >= 15 is 0 Å². The highest BCUT2D eigenvalue weighted by Gasteiger charge is 2.35. The third kappa shape index (κ3) is 10.1. The number of nitrogens with zero attached hydrogens (tertiary/aromatic N) is 2. The minimum absolute atomic E-state index is 0.0224. The summed E-state index contributed by atoms with van der Waals surface area (Å²) in [4.78, 5) is 30.8. The van der Waals surface area contributed by atoms with E-state index in [2.05, 4.69) is 21.2 Å². The first-order valence-corrected chi connectivity index (χ1v) is 20.2. The van der Waals surface area contributed by atoms with Crippen molar-refractivity contribution < 1.29 is 22.7 Å². The molecule has 2 amide bonds. The summed E-state index contributed by atoms with van der Waals surface area (Å²) in [5, 5.41) is 3.26. The molecule has 1 aliphatic carbocycles. The molecule has 0 bridgehead atoms. The minimum atomic E-state index is -4.24. The third-order valence-electron chi connectivity index (χ3n) is 9.48. The van der Waals surface area contributed by atoms with Crippen LogP contribution < -0.4 is 14.4 Å². The van der Waals surface area contributed by atoms with Gasteiger partial charge < -0.3 is 15.0 Å². The molecule has 1 saturated carbocycles. The number of anilines is 1. The van der Waals surface area contributed by atoms with Gasteiger partial charge in [-0.15, -0.1) is 0 Å². The van der Waals surface area contributed by atoms with Crippen LogP contribution in [0.1, 0.15) is 48.8 Å². The molecule has 0 spiro atoms. The largest absolute Gasteiger partial charge is 0.457 e. The van der Waals surface area contributed by atoms with Crippen LogP contribution in [0.25, 0.3) is 0 Å². The Labute approximate surface area is 321 Å². The second kappa shape index (κ2) is 17.7. The Morgan fingerprint density at radius 1 is 0.755 bits per heavy atom. The number of hydrogen-bond donors (Lipinski definition) is 1. The van der Waals surface area contributed by atoms with Gasteiger partial charge in [-0.3, -0.25) is 13.9 Å². The Morgan fingerprint density at radius 2 is 1.36 bits per heavy atom. The molecule has 0 heterocycles. The van der Waals surface area contributed by atoms with E-state index in [1.54, 1.807) is 53.4 Å². The van der Waals surface area contributed by atoms with Crippen molar-refractivity contribution in [3.63, 3.8) is 0 Å². The summed E-state index contributed by atoms with van der Waals surface area (Å²) in [6.45, 7) is 1.45. The standard InChI is InChI=1S/C43H44BrN3O5S/c1-32-17-27-40(28-18-32)53(50,51)47(37-23-25-39(26-24-37)52-38-15-9-4-10-16-38)31-42(48)46(30-34-19-21-35(44)22-20-34)41(29-33-11-5-2-6-12-33)43(49)45-36-13-7-3-8-14-36/h2,4-6,9-12,15-28,36,41H,3,7-8,13-14,29-31H2,1H3,(H,45,49)/t41-/m1/s1. The lowest BCUT2D eigenvalue weighted by atomic mass is 9.94. The average Bonchev–Trinajstić information content (AvgIpc) is 3.17. The highest BCUT2D eigenvalue weighted by Crippen LogP contribution is 2.29. The lowest BCUT2D eigenvalue weighted by Gasteiger charge is -2.35. The zero-order chi connectivity index (χ0) is 37.2. The number of hydrogen-bond acceptors (Lipinski definition) is 5. The molecule has 5 aromatic rings. The fraction of sp³-hybridized carbons (Fsp3) is 0.256.